The Morgan fingerprint density at radius 3 is 2.67 bits per heavy atom. The van der Waals surface area contributed by atoms with Crippen LogP contribution in [0.1, 0.15) is 32.6 Å². The molecule has 2 rings (SSSR count). The maximum absolute atomic E-state index is 12.3. The van der Waals surface area contributed by atoms with E-state index in [1.54, 1.807) is 24.3 Å². The molecule has 1 N–H and O–H groups in total. The van der Waals surface area contributed by atoms with E-state index in [2.05, 4.69) is 4.90 Å². The second-order valence-electron chi connectivity index (χ2n) is 5.71. The zero-order valence-electron chi connectivity index (χ0n) is 12.6. The van der Waals surface area contributed by atoms with Crippen molar-refractivity contribution in [2.75, 3.05) is 18.8 Å². The third-order valence-electron chi connectivity index (χ3n) is 4.28. The monoisotopic (exact) mass is 311 g/mol. The Balaban J connectivity index is 2.00. The van der Waals surface area contributed by atoms with Gasteiger partial charge in [-0.2, -0.15) is 0 Å². The topological polar surface area (TPSA) is 57.6 Å². The fourth-order valence-corrected chi connectivity index (χ4v) is 4.27. The van der Waals surface area contributed by atoms with Crippen LogP contribution in [0.15, 0.2) is 35.2 Å². The molecule has 2 unspecified atom stereocenters. The first-order valence-electron chi connectivity index (χ1n) is 7.74. The predicted molar refractivity (Wildman–Crippen MR) is 84.0 cm³/mol. The Hall–Kier alpha value is -0.910. The van der Waals surface area contributed by atoms with Crippen LogP contribution in [-0.4, -0.2) is 49.4 Å². The van der Waals surface area contributed by atoms with Crippen LogP contribution in [0, 0.1) is 0 Å². The summed E-state index contributed by atoms with van der Waals surface area (Å²) in [6, 6.07) is 8.70. The summed E-state index contributed by atoms with van der Waals surface area (Å²) in [5.74, 6) is 0.115. The second-order valence-corrected chi connectivity index (χ2v) is 7.82. The predicted octanol–water partition coefficient (Wildman–Crippen LogP) is 2.09. The van der Waals surface area contributed by atoms with Crippen molar-refractivity contribution >= 4 is 9.84 Å². The first-order chi connectivity index (χ1) is 10.0. The summed E-state index contributed by atoms with van der Waals surface area (Å²) in [7, 11) is -3.24. The highest BCUT2D eigenvalue weighted by Gasteiger charge is 2.28. The highest BCUT2D eigenvalue weighted by atomic mass is 32.2. The van der Waals surface area contributed by atoms with Crippen LogP contribution in [0.5, 0.6) is 0 Å². The number of aliphatic hydroxyl groups excluding tert-OH is 1. The largest absolute Gasteiger partial charge is 0.392 e. The van der Waals surface area contributed by atoms with E-state index in [0.717, 1.165) is 25.8 Å². The number of sulfone groups is 1. The van der Waals surface area contributed by atoms with Crippen molar-refractivity contribution in [1.29, 1.82) is 0 Å². The molecule has 0 spiro atoms. The molecule has 0 aromatic heterocycles. The lowest BCUT2D eigenvalue weighted by Crippen LogP contribution is -2.48. The summed E-state index contributed by atoms with van der Waals surface area (Å²) >= 11 is 0. The first-order valence-corrected chi connectivity index (χ1v) is 9.39. The number of nitrogens with zero attached hydrogens (tertiary/aromatic N) is 1. The molecule has 4 nitrogen and oxygen atoms in total. The number of likely N-dealkylation sites (tertiary alicyclic amines) is 1. The van der Waals surface area contributed by atoms with Crippen LogP contribution < -0.4 is 0 Å². The molecule has 2 atom stereocenters. The van der Waals surface area contributed by atoms with Crippen LogP contribution in [0.3, 0.4) is 0 Å². The van der Waals surface area contributed by atoms with Crippen LogP contribution in [0.25, 0.3) is 0 Å². The number of hydrogen-bond acceptors (Lipinski definition) is 4. The van der Waals surface area contributed by atoms with Crippen molar-refractivity contribution in [2.24, 2.45) is 0 Å². The summed E-state index contributed by atoms with van der Waals surface area (Å²) in [5.41, 5.74) is 0. The highest BCUT2D eigenvalue weighted by Crippen LogP contribution is 2.22. The zero-order valence-corrected chi connectivity index (χ0v) is 13.4. The van der Waals surface area contributed by atoms with Crippen LogP contribution in [0.2, 0.25) is 0 Å². The molecule has 1 saturated heterocycles. The Bertz CT molecular complexity index is 530. The van der Waals surface area contributed by atoms with E-state index in [4.69, 9.17) is 0 Å². The van der Waals surface area contributed by atoms with Gasteiger partial charge in [-0.1, -0.05) is 31.5 Å². The molecule has 21 heavy (non-hydrogen) atoms. The van der Waals surface area contributed by atoms with E-state index in [0.29, 0.717) is 17.9 Å². The summed E-state index contributed by atoms with van der Waals surface area (Å²) in [6.45, 7) is 3.35. The maximum Gasteiger partial charge on any atom is 0.179 e. The Kier molecular flexibility index (Phi) is 5.79. The van der Waals surface area contributed by atoms with E-state index < -0.39 is 9.84 Å². The molecular weight excluding hydrogens is 286 g/mol. The van der Waals surface area contributed by atoms with E-state index in [9.17, 15) is 13.5 Å². The van der Waals surface area contributed by atoms with Crippen molar-refractivity contribution in [3.63, 3.8) is 0 Å². The number of piperidine rings is 1. The molecule has 1 heterocycles. The molecule has 118 valence electrons. The fraction of sp³-hybridized carbons (Fsp3) is 0.625. The standard InChI is InChI=1S/C16H25NO3S/c1-2-16(18)15-10-6-7-11-17(15)12-13-21(19,20)14-8-4-3-5-9-14/h3-5,8-9,15-16,18H,2,6-7,10-13H2,1H3. The van der Waals surface area contributed by atoms with Crippen LogP contribution >= 0.6 is 0 Å². The SMILES string of the molecule is CCC(O)C1CCCCN1CCS(=O)(=O)c1ccccc1. The quantitative estimate of drug-likeness (QED) is 0.874. The Labute approximate surface area is 127 Å². The average molecular weight is 311 g/mol. The van der Waals surface area contributed by atoms with Crippen LogP contribution in [-0.2, 0) is 9.84 Å². The van der Waals surface area contributed by atoms with Crippen LogP contribution in [0.4, 0.5) is 0 Å². The minimum absolute atomic E-state index is 0.106. The molecule has 0 aliphatic carbocycles. The van der Waals surface area contributed by atoms with Crippen molar-refractivity contribution in [3.05, 3.63) is 30.3 Å². The molecule has 0 amide bonds. The summed E-state index contributed by atoms with van der Waals surface area (Å²) in [6.07, 6.45) is 3.51. The third kappa shape index (κ3) is 4.28. The van der Waals surface area contributed by atoms with Gasteiger partial charge in [0.05, 0.1) is 16.8 Å². The summed E-state index contributed by atoms with van der Waals surface area (Å²) in [4.78, 5) is 2.53. The van der Waals surface area contributed by atoms with E-state index in [1.165, 1.54) is 0 Å². The van der Waals surface area contributed by atoms with Crippen molar-refractivity contribution in [3.8, 4) is 0 Å². The molecular formula is C16H25NO3S. The lowest BCUT2D eigenvalue weighted by atomic mass is 9.96. The Morgan fingerprint density at radius 2 is 2.00 bits per heavy atom. The lowest BCUT2D eigenvalue weighted by molar-refractivity contribution is 0.0275. The van der Waals surface area contributed by atoms with Crippen molar-refractivity contribution in [2.45, 2.75) is 49.6 Å². The molecule has 1 fully saturated rings. The van der Waals surface area contributed by atoms with E-state index in [1.807, 2.05) is 13.0 Å². The second kappa shape index (κ2) is 7.38. The number of benzene rings is 1. The molecule has 0 bridgehead atoms. The van der Waals surface area contributed by atoms with E-state index >= 15 is 0 Å². The van der Waals surface area contributed by atoms with Gasteiger partial charge < -0.3 is 5.11 Å². The van der Waals surface area contributed by atoms with E-state index in [-0.39, 0.29) is 17.9 Å². The van der Waals surface area contributed by atoms with Gasteiger partial charge in [-0.3, -0.25) is 4.90 Å². The smallest absolute Gasteiger partial charge is 0.179 e. The molecule has 0 radical (unpaired) electrons. The minimum atomic E-state index is -3.24. The van der Waals surface area contributed by atoms with Gasteiger partial charge in [0.15, 0.2) is 9.84 Å². The van der Waals surface area contributed by atoms with Gasteiger partial charge in [-0.15, -0.1) is 0 Å². The van der Waals surface area contributed by atoms with Gasteiger partial charge in [-0.25, -0.2) is 8.42 Å². The molecule has 5 heteroatoms. The summed E-state index contributed by atoms with van der Waals surface area (Å²) in [5, 5.41) is 10.1. The number of hydrogen-bond donors (Lipinski definition) is 1. The minimum Gasteiger partial charge on any atom is -0.392 e. The maximum atomic E-state index is 12.3. The van der Waals surface area contributed by atoms with Gasteiger partial charge in [0.2, 0.25) is 0 Å². The summed E-state index contributed by atoms with van der Waals surface area (Å²) < 4.78 is 24.7. The number of rotatable bonds is 6. The van der Waals surface area contributed by atoms with Gasteiger partial charge >= 0.3 is 0 Å². The lowest BCUT2D eigenvalue weighted by Gasteiger charge is -2.38. The van der Waals surface area contributed by atoms with Gasteiger partial charge in [0.25, 0.3) is 0 Å². The zero-order chi connectivity index (χ0) is 15.3. The average Bonchev–Trinajstić information content (AvgIpc) is 2.53. The van der Waals surface area contributed by atoms with Gasteiger partial charge in [0, 0.05) is 12.6 Å². The highest BCUT2D eigenvalue weighted by molar-refractivity contribution is 7.91. The first kappa shape index (κ1) is 16.5. The molecule has 1 aliphatic heterocycles. The normalized spacial score (nSPS) is 22.1. The van der Waals surface area contributed by atoms with Gasteiger partial charge in [0.1, 0.15) is 0 Å². The van der Waals surface area contributed by atoms with Gasteiger partial charge in [-0.05, 0) is 37.9 Å². The molecule has 0 saturated carbocycles. The molecule has 1 aromatic rings. The van der Waals surface area contributed by atoms with Crippen molar-refractivity contribution < 1.29 is 13.5 Å². The Morgan fingerprint density at radius 1 is 1.29 bits per heavy atom. The third-order valence-corrected chi connectivity index (χ3v) is 5.99. The number of aliphatic hydroxyl groups is 1. The molecule has 1 aliphatic rings. The molecule has 1 aromatic carbocycles. The van der Waals surface area contributed by atoms with Crippen molar-refractivity contribution in [1.82, 2.24) is 4.90 Å². The fourth-order valence-electron chi connectivity index (χ4n) is 2.99.